The Hall–Kier alpha value is -2.96. The summed E-state index contributed by atoms with van der Waals surface area (Å²) in [5.74, 6) is -1.27. The summed E-state index contributed by atoms with van der Waals surface area (Å²) in [5, 5.41) is 4.94. The molecule has 6 nitrogen and oxygen atoms in total. The fraction of sp³-hybridized carbons (Fsp3) is 0.133. The molecular formula is C15H14FN3O3. The van der Waals surface area contributed by atoms with Crippen LogP contribution in [0.3, 0.4) is 0 Å². The van der Waals surface area contributed by atoms with Crippen molar-refractivity contribution in [2.75, 3.05) is 17.7 Å². The number of ether oxygens (including phenoxy) is 1. The monoisotopic (exact) mass is 303 g/mol. The summed E-state index contributed by atoms with van der Waals surface area (Å²) in [6.45, 7) is 1.27. The van der Waals surface area contributed by atoms with E-state index in [-0.39, 0.29) is 17.1 Å². The summed E-state index contributed by atoms with van der Waals surface area (Å²) in [5.41, 5.74) is 0.569. The van der Waals surface area contributed by atoms with Crippen molar-refractivity contribution in [2.24, 2.45) is 0 Å². The number of rotatable bonds is 4. The topological polar surface area (TPSA) is 80.3 Å². The lowest BCUT2D eigenvalue weighted by Crippen LogP contribution is -2.14. The third kappa shape index (κ3) is 3.57. The maximum absolute atomic E-state index is 13.6. The van der Waals surface area contributed by atoms with Gasteiger partial charge in [0.2, 0.25) is 11.8 Å². The van der Waals surface area contributed by atoms with Gasteiger partial charge in [0.25, 0.3) is 5.91 Å². The zero-order valence-electron chi connectivity index (χ0n) is 12.0. The average molecular weight is 303 g/mol. The van der Waals surface area contributed by atoms with Gasteiger partial charge in [-0.15, -0.1) is 0 Å². The summed E-state index contributed by atoms with van der Waals surface area (Å²) in [7, 11) is 1.41. The van der Waals surface area contributed by atoms with Crippen LogP contribution < -0.4 is 15.4 Å². The van der Waals surface area contributed by atoms with E-state index >= 15 is 0 Å². The van der Waals surface area contributed by atoms with Gasteiger partial charge in [0, 0.05) is 18.8 Å². The summed E-state index contributed by atoms with van der Waals surface area (Å²) in [6.07, 6.45) is 1.50. The van der Waals surface area contributed by atoms with Gasteiger partial charge < -0.3 is 15.4 Å². The molecule has 0 aliphatic carbocycles. The predicted molar refractivity (Wildman–Crippen MR) is 79.4 cm³/mol. The van der Waals surface area contributed by atoms with Crippen LogP contribution in [-0.2, 0) is 4.79 Å². The normalized spacial score (nSPS) is 9.95. The molecule has 1 aromatic carbocycles. The van der Waals surface area contributed by atoms with Crippen molar-refractivity contribution in [3.8, 4) is 5.88 Å². The SMILES string of the molecule is COc1ncccc1C(=O)Nc1ccc(F)c(NC(C)=O)c1. The lowest BCUT2D eigenvalue weighted by Gasteiger charge is -2.10. The number of aromatic nitrogens is 1. The third-order valence-electron chi connectivity index (χ3n) is 2.74. The van der Waals surface area contributed by atoms with Gasteiger partial charge in [-0.2, -0.15) is 0 Å². The molecule has 0 fully saturated rings. The molecule has 0 saturated carbocycles. The molecule has 0 bridgehead atoms. The van der Waals surface area contributed by atoms with Crippen LogP contribution in [0.1, 0.15) is 17.3 Å². The number of nitrogens with zero attached hydrogens (tertiary/aromatic N) is 1. The molecule has 0 saturated heterocycles. The molecular weight excluding hydrogens is 289 g/mol. The summed E-state index contributed by atoms with van der Waals surface area (Å²) < 4.78 is 18.6. The average Bonchev–Trinajstić information content (AvgIpc) is 2.50. The molecule has 0 aliphatic rings. The van der Waals surface area contributed by atoms with Crippen molar-refractivity contribution in [1.82, 2.24) is 4.98 Å². The Labute approximate surface area is 126 Å². The minimum absolute atomic E-state index is 0.0107. The Morgan fingerprint density at radius 3 is 2.68 bits per heavy atom. The van der Waals surface area contributed by atoms with Crippen LogP contribution in [0.5, 0.6) is 5.88 Å². The van der Waals surface area contributed by atoms with Crippen molar-refractivity contribution in [2.45, 2.75) is 6.92 Å². The second kappa shape index (κ2) is 6.66. The number of halogens is 1. The Bertz CT molecular complexity index is 719. The number of nitrogens with one attached hydrogen (secondary N) is 2. The quantitative estimate of drug-likeness (QED) is 0.909. The van der Waals surface area contributed by atoms with E-state index in [1.54, 1.807) is 12.1 Å². The van der Waals surface area contributed by atoms with Gasteiger partial charge >= 0.3 is 0 Å². The van der Waals surface area contributed by atoms with E-state index in [0.717, 1.165) is 6.07 Å². The summed E-state index contributed by atoms with van der Waals surface area (Å²) in [4.78, 5) is 27.1. The molecule has 2 rings (SSSR count). The number of carbonyl (C=O) groups is 2. The van der Waals surface area contributed by atoms with Crippen molar-refractivity contribution < 1.29 is 18.7 Å². The number of anilines is 2. The number of methoxy groups -OCH3 is 1. The molecule has 0 aliphatic heterocycles. The van der Waals surface area contributed by atoms with Gasteiger partial charge in [0.15, 0.2) is 0 Å². The van der Waals surface area contributed by atoms with E-state index in [0.29, 0.717) is 5.69 Å². The van der Waals surface area contributed by atoms with Crippen LogP contribution in [0.25, 0.3) is 0 Å². The van der Waals surface area contributed by atoms with E-state index in [2.05, 4.69) is 15.6 Å². The van der Waals surface area contributed by atoms with Gasteiger partial charge in [-0.1, -0.05) is 0 Å². The van der Waals surface area contributed by atoms with Gasteiger partial charge in [0.05, 0.1) is 12.8 Å². The van der Waals surface area contributed by atoms with Crippen molar-refractivity contribution >= 4 is 23.2 Å². The van der Waals surface area contributed by atoms with Gasteiger partial charge in [0.1, 0.15) is 11.4 Å². The number of hydrogen-bond acceptors (Lipinski definition) is 4. The van der Waals surface area contributed by atoms with Gasteiger partial charge in [-0.25, -0.2) is 9.37 Å². The second-order valence-corrected chi connectivity index (χ2v) is 4.39. The number of hydrogen-bond donors (Lipinski definition) is 2. The molecule has 0 atom stereocenters. The van der Waals surface area contributed by atoms with Crippen LogP contribution in [0.2, 0.25) is 0 Å². The molecule has 7 heteroatoms. The molecule has 22 heavy (non-hydrogen) atoms. The maximum Gasteiger partial charge on any atom is 0.261 e. The predicted octanol–water partition coefficient (Wildman–Crippen LogP) is 2.44. The number of pyridine rings is 1. The number of carbonyl (C=O) groups excluding carboxylic acids is 2. The Morgan fingerprint density at radius 2 is 2.00 bits per heavy atom. The van der Waals surface area contributed by atoms with Crippen molar-refractivity contribution in [1.29, 1.82) is 0 Å². The highest BCUT2D eigenvalue weighted by Crippen LogP contribution is 2.21. The van der Waals surface area contributed by atoms with E-state index < -0.39 is 17.6 Å². The van der Waals surface area contributed by atoms with Crippen LogP contribution >= 0.6 is 0 Å². The molecule has 0 unspecified atom stereocenters. The largest absolute Gasteiger partial charge is 0.480 e. The van der Waals surface area contributed by atoms with E-state index in [1.807, 2.05) is 0 Å². The van der Waals surface area contributed by atoms with Crippen molar-refractivity contribution in [3.63, 3.8) is 0 Å². The standard InChI is InChI=1S/C15H14FN3O3/c1-9(20)18-13-8-10(5-6-12(13)16)19-14(21)11-4-3-7-17-15(11)22-2/h3-8H,1-2H3,(H,18,20)(H,19,21). The molecule has 114 valence electrons. The van der Waals surface area contributed by atoms with Crippen LogP contribution in [-0.4, -0.2) is 23.9 Å². The number of benzene rings is 1. The fourth-order valence-electron chi connectivity index (χ4n) is 1.81. The highest BCUT2D eigenvalue weighted by atomic mass is 19.1. The molecule has 1 aromatic heterocycles. The molecule has 2 amide bonds. The van der Waals surface area contributed by atoms with Gasteiger partial charge in [-0.3, -0.25) is 9.59 Å². The van der Waals surface area contributed by atoms with E-state index in [1.165, 1.54) is 32.4 Å². The summed E-state index contributed by atoms with van der Waals surface area (Å²) >= 11 is 0. The lowest BCUT2D eigenvalue weighted by atomic mass is 10.2. The maximum atomic E-state index is 13.6. The Balaban J connectivity index is 2.23. The minimum Gasteiger partial charge on any atom is -0.480 e. The van der Waals surface area contributed by atoms with E-state index in [9.17, 15) is 14.0 Å². The molecule has 2 N–H and O–H groups in total. The minimum atomic E-state index is -0.591. The Morgan fingerprint density at radius 1 is 1.23 bits per heavy atom. The highest BCUT2D eigenvalue weighted by Gasteiger charge is 2.14. The lowest BCUT2D eigenvalue weighted by molar-refractivity contribution is -0.114. The third-order valence-corrected chi connectivity index (χ3v) is 2.74. The smallest absolute Gasteiger partial charge is 0.261 e. The number of amides is 2. The first-order valence-corrected chi connectivity index (χ1v) is 6.38. The van der Waals surface area contributed by atoms with Crippen LogP contribution in [0, 0.1) is 5.82 Å². The zero-order chi connectivity index (χ0) is 16.1. The first-order valence-electron chi connectivity index (χ1n) is 6.38. The first-order chi connectivity index (χ1) is 10.5. The first kappa shape index (κ1) is 15.4. The Kier molecular flexibility index (Phi) is 4.67. The summed E-state index contributed by atoms with van der Waals surface area (Å²) in [6, 6.07) is 7.03. The molecule has 1 heterocycles. The molecule has 0 spiro atoms. The fourth-order valence-corrected chi connectivity index (χ4v) is 1.81. The van der Waals surface area contributed by atoms with Crippen LogP contribution in [0.4, 0.5) is 15.8 Å². The van der Waals surface area contributed by atoms with Crippen molar-refractivity contribution in [3.05, 3.63) is 47.9 Å². The molecule has 2 aromatic rings. The van der Waals surface area contributed by atoms with Gasteiger partial charge in [-0.05, 0) is 30.3 Å². The second-order valence-electron chi connectivity index (χ2n) is 4.39. The highest BCUT2D eigenvalue weighted by molar-refractivity contribution is 6.06. The molecule has 0 radical (unpaired) electrons. The van der Waals surface area contributed by atoms with E-state index in [4.69, 9.17) is 4.74 Å². The van der Waals surface area contributed by atoms with Crippen LogP contribution in [0.15, 0.2) is 36.5 Å². The zero-order valence-corrected chi connectivity index (χ0v) is 12.0.